The van der Waals surface area contributed by atoms with Crippen molar-refractivity contribution in [1.29, 1.82) is 0 Å². The minimum Gasteiger partial charge on any atom is -0.452 e. The fraction of sp³-hybridized carbons (Fsp3) is 0.429. The summed E-state index contributed by atoms with van der Waals surface area (Å²) in [6, 6.07) is 10.8. The number of amides is 2. The molecule has 3 rings (SSSR count). The third-order valence-corrected chi connectivity index (χ3v) is 5.06. The molecular weight excluding hydrogens is 360 g/mol. The Bertz CT molecular complexity index is 809. The van der Waals surface area contributed by atoms with Crippen LogP contribution in [0.25, 0.3) is 0 Å². The van der Waals surface area contributed by atoms with Gasteiger partial charge in [0.25, 0.3) is 11.8 Å². The Kier molecular flexibility index (Phi) is 6.49. The molecule has 0 bridgehead atoms. The number of ether oxygens (including phenoxy) is 1. The third-order valence-electron chi connectivity index (χ3n) is 5.06. The SMILES string of the molecule is CNC(=O)c1cc(C(=O)NC2CCC(O)CC2)c(C(OC)c2ccccc2)o1. The number of nitrogens with one attached hydrogen (secondary N) is 2. The molecule has 3 N–H and O–H groups in total. The van der Waals surface area contributed by atoms with E-state index in [4.69, 9.17) is 9.15 Å². The van der Waals surface area contributed by atoms with Crippen molar-refractivity contribution in [3.05, 3.63) is 59.0 Å². The van der Waals surface area contributed by atoms with Gasteiger partial charge in [-0.05, 0) is 31.2 Å². The second kappa shape index (κ2) is 9.03. The molecule has 1 aromatic heterocycles. The Morgan fingerprint density at radius 3 is 2.43 bits per heavy atom. The molecule has 1 unspecified atom stereocenters. The minimum absolute atomic E-state index is 0.0141. The Hall–Kier alpha value is -2.64. The van der Waals surface area contributed by atoms with E-state index in [1.165, 1.54) is 20.2 Å². The second-order valence-electron chi connectivity index (χ2n) is 6.97. The Morgan fingerprint density at radius 1 is 1.14 bits per heavy atom. The largest absolute Gasteiger partial charge is 0.452 e. The predicted molar refractivity (Wildman–Crippen MR) is 103 cm³/mol. The van der Waals surface area contributed by atoms with Gasteiger partial charge < -0.3 is 24.9 Å². The molecule has 1 aromatic carbocycles. The predicted octanol–water partition coefficient (Wildman–Crippen LogP) is 2.41. The summed E-state index contributed by atoms with van der Waals surface area (Å²) in [5, 5.41) is 15.2. The van der Waals surface area contributed by atoms with Gasteiger partial charge in [-0.2, -0.15) is 0 Å². The first-order chi connectivity index (χ1) is 13.5. The van der Waals surface area contributed by atoms with Crippen LogP contribution in [0.2, 0.25) is 0 Å². The van der Waals surface area contributed by atoms with Gasteiger partial charge in [0.15, 0.2) is 11.5 Å². The highest BCUT2D eigenvalue weighted by molar-refractivity contribution is 5.99. The van der Waals surface area contributed by atoms with Crippen LogP contribution >= 0.6 is 0 Å². The summed E-state index contributed by atoms with van der Waals surface area (Å²) in [7, 11) is 3.03. The first-order valence-electron chi connectivity index (χ1n) is 9.46. The number of hydrogen-bond donors (Lipinski definition) is 3. The van der Waals surface area contributed by atoms with E-state index >= 15 is 0 Å². The maximum Gasteiger partial charge on any atom is 0.286 e. The zero-order valence-electron chi connectivity index (χ0n) is 16.1. The van der Waals surface area contributed by atoms with Crippen LogP contribution in [0.5, 0.6) is 0 Å². The number of aliphatic hydroxyl groups excluding tert-OH is 1. The zero-order chi connectivity index (χ0) is 20.1. The molecule has 1 atom stereocenters. The minimum atomic E-state index is -0.617. The molecule has 0 radical (unpaired) electrons. The van der Waals surface area contributed by atoms with E-state index in [1.807, 2.05) is 30.3 Å². The Balaban J connectivity index is 1.91. The van der Waals surface area contributed by atoms with Crippen LogP contribution in [-0.2, 0) is 4.74 Å². The molecule has 2 aromatic rings. The highest BCUT2D eigenvalue weighted by Crippen LogP contribution is 2.31. The van der Waals surface area contributed by atoms with Gasteiger partial charge in [0, 0.05) is 26.3 Å². The molecule has 1 aliphatic rings. The van der Waals surface area contributed by atoms with Gasteiger partial charge in [0.05, 0.1) is 11.7 Å². The molecule has 7 nitrogen and oxygen atoms in total. The van der Waals surface area contributed by atoms with Crippen molar-refractivity contribution in [1.82, 2.24) is 10.6 Å². The number of methoxy groups -OCH3 is 1. The number of furan rings is 1. The quantitative estimate of drug-likeness (QED) is 0.708. The van der Waals surface area contributed by atoms with E-state index in [2.05, 4.69) is 10.6 Å². The van der Waals surface area contributed by atoms with E-state index in [0.717, 1.165) is 18.4 Å². The summed E-state index contributed by atoms with van der Waals surface area (Å²) in [4.78, 5) is 25.0. The van der Waals surface area contributed by atoms with E-state index in [1.54, 1.807) is 0 Å². The van der Waals surface area contributed by atoms with E-state index in [9.17, 15) is 14.7 Å². The molecule has 1 fully saturated rings. The van der Waals surface area contributed by atoms with Gasteiger partial charge >= 0.3 is 0 Å². The summed E-state index contributed by atoms with van der Waals surface area (Å²) < 4.78 is 11.4. The average Bonchev–Trinajstić information content (AvgIpc) is 3.16. The van der Waals surface area contributed by atoms with E-state index < -0.39 is 12.0 Å². The number of benzene rings is 1. The fourth-order valence-corrected chi connectivity index (χ4v) is 3.52. The topological polar surface area (TPSA) is 101 Å². The average molecular weight is 386 g/mol. The molecule has 150 valence electrons. The highest BCUT2D eigenvalue weighted by Gasteiger charge is 2.30. The van der Waals surface area contributed by atoms with E-state index in [0.29, 0.717) is 18.6 Å². The van der Waals surface area contributed by atoms with Crippen molar-refractivity contribution in [2.45, 2.75) is 43.9 Å². The van der Waals surface area contributed by atoms with Crippen LogP contribution < -0.4 is 10.6 Å². The fourth-order valence-electron chi connectivity index (χ4n) is 3.52. The molecule has 28 heavy (non-hydrogen) atoms. The van der Waals surface area contributed by atoms with Gasteiger partial charge in [0.2, 0.25) is 0 Å². The van der Waals surface area contributed by atoms with Crippen molar-refractivity contribution in [3.8, 4) is 0 Å². The van der Waals surface area contributed by atoms with Gasteiger partial charge in [-0.25, -0.2) is 0 Å². The lowest BCUT2D eigenvalue weighted by molar-refractivity contribution is 0.0840. The lowest BCUT2D eigenvalue weighted by Gasteiger charge is -2.26. The van der Waals surface area contributed by atoms with Gasteiger partial charge in [-0.15, -0.1) is 0 Å². The second-order valence-corrected chi connectivity index (χ2v) is 6.97. The number of hydrogen-bond acceptors (Lipinski definition) is 5. The van der Waals surface area contributed by atoms with Crippen molar-refractivity contribution < 1.29 is 23.8 Å². The maximum atomic E-state index is 13.0. The standard InChI is InChI=1S/C21H26N2O5/c1-22-21(26)17-12-16(20(25)23-14-8-10-15(24)11-9-14)19(28-17)18(27-2)13-6-4-3-5-7-13/h3-7,12,14-15,18,24H,8-11H2,1-2H3,(H,22,26)(H,23,25). The number of aliphatic hydroxyl groups is 1. The summed E-state index contributed by atoms with van der Waals surface area (Å²) in [6.45, 7) is 0. The summed E-state index contributed by atoms with van der Waals surface area (Å²) in [5.74, 6) is -0.377. The van der Waals surface area contributed by atoms with Crippen molar-refractivity contribution >= 4 is 11.8 Å². The lowest BCUT2D eigenvalue weighted by atomic mass is 9.93. The molecule has 0 aliphatic heterocycles. The zero-order valence-corrected chi connectivity index (χ0v) is 16.1. The molecule has 2 amide bonds. The third kappa shape index (κ3) is 4.43. The first kappa shape index (κ1) is 20.1. The summed E-state index contributed by atoms with van der Waals surface area (Å²) >= 11 is 0. The van der Waals surface area contributed by atoms with Gasteiger partial charge in [0.1, 0.15) is 6.10 Å². The van der Waals surface area contributed by atoms with Crippen LogP contribution in [0.4, 0.5) is 0 Å². The van der Waals surface area contributed by atoms with Crippen molar-refractivity contribution in [3.63, 3.8) is 0 Å². The first-order valence-corrected chi connectivity index (χ1v) is 9.46. The molecule has 0 saturated heterocycles. The normalized spacial score (nSPS) is 20.4. The van der Waals surface area contributed by atoms with E-state index in [-0.39, 0.29) is 29.4 Å². The molecule has 1 aliphatic carbocycles. The Labute approximate surface area is 164 Å². The van der Waals surface area contributed by atoms with Crippen LogP contribution in [0.3, 0.4) is 0 Å². The molecule has 0 spiro atoms. The van der Waals surface area contributed by atoms with Crippen LogP contribution in [0.15, 0.2) is 40.8 Å². The Morgan fingerprint density at radius 2 is 1.82 bits per heavy atom. The summed E-state index contributed by atoms with van der Waals surface area (Å²) in [6.07, 6.45) is 1.85. The van der Waals surface area contributed by atoms with Crippen molar-refractivity contribution in [2.24, 2.45) is 0 Å². The molecule has 1 heterocycles. The number of carbonyl (C=O) groups is 2. The van der Waals surface area contributed by atoms with Crippen LogP contribution in [0.1, 0.15) is 64.0 Å². The van der Waals surface area contributed by atoms with Crippen LogP contribution in [0, 0.1) is 0 Å². The lowest BCUT2D eigenvalue weighted by Crippen LogP contribution is -2.38. The number of rotatable bonds is 6. The van der Waals surface area contributed by atoms with Crippen molar-refractivity contribution in [2.75, 3.05) is 14.2 Å². The summed E-state index contributed by atoms with van der Waals surface area (Å²) in [5.41, 5.74) is 1.10. The molecule has 1 saturated carbocycles. The molecular formula is C21H26N2O5. The monoisotopic (exact) mass is 386 g/mol. The maximum absolute atomic E-state index is 13.0. The smallest absolute Gasteiger partial charge is 0.286 e. The van der Waals surface area contributed by atoms with Gasteiger partial charge in [-0.1, -0.05) is 30.3 Å². The van der Waals surface area contributed by atoms with Crippen LogP contribution in [-0.4, -0.2) is 43.2 Å². The highest BCUT2D eigenvalue weighted by atomic mass is 16.5. The molecule has 7 heteroatoms. The van der Waals surface area contributed by atoms with Gasteiger partial charge in [-0.3, -0.25) is 9.59 Å². The number of carbonyl (C=O) groups excluding carboxylic acids is 2.